The number of nitrogens with one attached hydrogen (secondary N) is 1. The van der Waals surface area contributed by atoms with E-state index in [1.165, 1.54) is 56.1 Å². The van der Waals surface area contributed by atoms with Gasteiger partial charge in [-0.1, -0.05) is 0 Å². The van der Waals surface area contributed by atoms with E-state index in [1.807, 2.05) is 0 Å². The molecule has 3 nitrogen and oxygen atoms in total. The van der Waals surface area contributed by atoms with E-state index in [4.69, 9.17) is 4.42 Å². The Balaban J connectivity index is 1.18. The molecule has 0 spiro atoms. The van der Waals surface area contributed by atoms with Crippen molar-refractivity contribution in [3.05, 3.63) is 35.1 Å². The highest BCUT2D eigenvalue weighted by Gasteiger charge is 2.53. The predicted molar refractivity (Wildman–Crippen MR) is 110 cm³/mol. The molecule has 4 fully saturated rings. The first-order valence-corrected chi connectivity index (χ1v) is 11.4. The summed E-state index contributed by atoms with van der Waals surface area (Å²) in [5.74, 6) is 2.92. The lowest BCUT2D eigenvalue weighted by Gasteiger charge is -2.59. The molecular formula is C25H31NO2. The zero-order chi connectivity index (χ0) is 18.9. The number of furan rings is 1. The monoisotopic (exact) mass is 377 g/mol. The van der Waals surface area contributed by atoms with Crippen molar-refractivity contribution >= 4 is 16.9 Å². The molecule has 2 aromatic rings. The van der Waals surface area contributed by atoms with E-state index in [1.54, 1.807) is 6.26 Å². The number of amides is 1. The maximum atomic E-state index is 12.9. The van der Waals surface area contributed by atoms with Crippen molar-refractivity contribution in [1.29, 1.82) is 0 Å². The Hall–Kier alpha value is -1.77. The third-order valence-corrected chi connectivity index (χ3v) is 8.60. The van der Waals surface area contributed by atoms with Gasteiger partial charge in [-0.05, 0) is 111 Å². The number of rotatable bonds is 4. The van der Waals surface area contributed by atoms with Crippen LogP contribution in [-0.2, 0) is 24.1 Å². The van der Waals surface area contributed by atoms with Gasteiger partial charge >= 0.3 is 0 Å². The molecule has 7 rings (SSSR count). The zero-order valence-electron chi connectivity index (χ0n) is 16.9. The minimum atomic E-state index is 0.159. The van der Waals surface area contributed by atoms with E-state index >= 15 is 0 Å². The van der Waals surface area contributed by atoms with Crippen molar-refractivity contribution in [2.75, 3.05) is 0 Å². The summed E-state index contributed by atoms with van der Waals surface area (Å²) in [6.45, 7) is 2.27. The molecule has 0 aliphatic heterocycles. The first-order chi connectivity index (χ1) is 13.6. The Morgan fingerprint density at radius 2 is 1.75 bits per heavy atom. The number of fused-ring (bicyclic) bond motifs is 2. The average molecular weight is 378 g/mol. The third kappa shape index (κ3) is 2.65. The second kappa shape index (κ2) is 6.11. The maximum Gasteiger partial charge on any atom is 0.224 e. The van der Waals surface area contributed by atoms with Crippen molar-refractivity contribution in [3.63, 3.8) is 0 Å². The summed E-state index contributed by atoms with van der Waals surface area (Å²) in [6, 6.07) is 4.75. The fourth-order valence-electron chi connectivity index (χ4n) is 7.61. The van der Waals surface area contributed by atoms with Crippen LogP contribution < -0.4 is 5.32 Å². The van der Waals surface area contributed by atoms with Crippen LogP contribution in [0.4, 0.5) is 0 Å². The average Bonchev–Trinajstić information content (AvgIpc) is 3.25. The Kier molecular flexibility index (Phi) is 3.74. The second-order valence-corrected chi connectivity index (χ2v) is 10.5. The number of carbonyl (C=O) groups is 1. The van der Waals surface area contributed by atoms with Crippen LogP contribution in [0.1, 0.15) is 68.6 Å². The fourth-order valence-corrected chi connectivity index (χ4v) is 7.61. The number of benzene rings is 1. The molecule has 0 unspecified atom stereocenters. The van der Waals surface area contributed by atoms with Gasteiger partial charge in [0.05, 0.1) is 12.7 Å². The summed E-state index contributed by atoms with van der Waals surface area (Å²) in [6.07, 6.45) is 14.1. The highest BCUT2D eigenvalue weighted by Crippen LogP contribution is 2.61. The number of hydrogen-bond donors (Lipinski definition) is 1. The first kappa shape index (κ1) is 17.1. The molecule has 1 atom stereocenters. The molecule has 1 aromatic heterocycles. The highest BCUT2D eigenvalue weighted by molar-refractivity contribution is 5.88. The molecule has 4 saturated carbocycles. The molecule has 0 radical (unpaired) electrons. The summed E-state index contributed by atoms with van der Waals surface area (Å²) >= 11 is 0. The molecule has 1 N–H and O–H groups in total. The van der Waals surface area contributed by atoms with Gasteiger partial charge in [0.15, 0.2) is 0 Å². The van der Waals surface area contributed by atoms with Crippen molar-refractivity contribution < 1.29 is 9.21 Å². The SMILES string of the molecule is C[C@@H](NC(=O)Cc1coc2cc3c(cc12)CCC3)C12CC3CC(CC(C3)C1)C2. The first-order valence-electron chi connectivity index (χ1n) is 11.4. The quantitative estimate of drug-likeness (QED) is 0.797. The van der Waals surface area contributed by atoms with Crippen LogP contribution in [0.25, 0.3) is 11.0 Å². The number of carbonyl (C=O) groups excluding carboxylic acids is 1. The normalized spacial score (nSPS) is 34.0. The molecule has 1 amide bonds. The second-order valence-electron chi connectivity index (χ2n) is 10.5. The van der Waals surface area contributed by atoms with Crippen LogP contribution in [0.3, 0.4) is 0 Å². The van der Waals surface area contributed by atoms with Gasteiger partial charge in [-0.25, -0.2) is 0 Å². The lowest BCUT2D eigenvalue weighted by molar-refractivity contribution is -0.125. The van der Waals surface area contributed by atoms with Crippen molar-refractivity contribution in [2.24, 2.45) is 23.2 Å². The largest absolute Gasteiger partial charge is 0.464 e. The lowest BCUT2D eigenvalue weighted by atomic mass is 9.48. The van der Waals surface area contributed by atoms with Gasteiger partial charge in [-0.15, -0.1) is 0 Å². The predicted octanol–water partition coefficient (Wildman–Crippen LogP) is 5.19. The van der Waals surface area contributed by atoms with E-state index in [0.717, 1.165) is 47.1 Å². The van der Waals surface area contributed by atoms with Crippen molar-refractivity contribution in [1.82, 2.24) is 5.32 Å². The molecule has 5 aliphatic rings. The zero-order valence-corrected chi connectivity index (χ0v) is 16.9. The van der Waals surface area contributed by atoms with Gasteiger partial charge in [-0.3, -0.25) is 4.79 Å². The molecular weight excluding hydrogens is 346 g/mol. The summed E-state index contributed by atoms with van der Waals surface area (Å²) in [4.78, 5) is 12.9. The molecule has 148 valence electrons. The van der Waals surface area contributed by atoms with Crippen LogP contribution in [0.15, 0.2) is 22.8 Å². The maximum absolute atomic E-state index is 12.9. The summed E-state index contributed by atoms with van der Waals surface area (Å²) in [5, 5.41) is 4.55. The van der Waals surface area contributed by atoms with Crippen molar-refractivity contribution in [2.45, 2.75) is 77.2 Å². The van der Waals surface area contributed by atoms with E-state index in [2.05, 4.69) is 24.4 Å². The minimum Gasteiger partial charge on any atom is -0.464 e. The van der Waals surface area contributed by atoms with Gasteiger partial charge in [0, 0.05) is 17.0 Å². The van der Waals surface area contributed by atoms with Crippen molar-refractivity contribution in [3.8, 4) is 0 Å². The Bertz CT molecular complexity index is 904. The smallest absolute Gasteiger partial charge is 0.224 e. The van der Waals surface area contributed by atoms with E-state index in [0.29, 0.717) is 11.8 Å². The highest BCUT2D eigenvalue weighted by atomic mass is 16.3. The minimum absolute atomic E-state index is 0.159. The summed E-state index contributed by atoms with van der Waals surface area (Å²) in [7, 11) is 0. The Morgan fingerprint density at radius 3 is 2.43 bits per heavy atom. The van der Waals surface area contributed by atoms with Crippen LogP contribution in [0.5, 0.6) is 0 Å². The molecule has 0 saturated heterocycles. The van der Waals surface area contributed by atoms with Crippen LogP contribution in [0.2, 0.25) is 0 Å². The summed E-state index contributed by atoms with van der Waals surface area (Å²) < 4.78 is 5.80. The van der Waals surface area contributed by atoms with Gasteiger partial charge < -0.3 is 9.73 Å². The topological polar surface area (TPSA) is 42.2 Å². The van der Waals surface area contributed by atoms with Gasteiger partial charge in [0.1, 0.15) is 5.58 Å². The molecule has 28 heavy (non-hydrogen) atoms. The standard InChI is InChI=1S/C25H31NO2/c1-15(25-11-16-5-17(12-25)7-18(6-16)13-25)26-24(27)10-21-14-28-23-9-20-4-2-3-19(20)8-22(21)23/h8-9,14-18H,2-7,10-13H2,1H3,(H,26,27)/t15-,16?,17?,18?,25?/m1/s1. The van der Waals surface area contributed by atoms with E-state index in [-0.39, 0.29) is 11.9 Å². The van der Waals surface area contributed by atoms with Gasteiger partial charge in [0.25, 0.3) is 0 Å². The number of aryl methyl sites for hydroxylation is 2. The molecule has 5 aliphatic carbocycles. The van der Waals surface area contributed by atoms with Crippen LogP contribution >= 0.6 is 0 Å². The van der Waals surface area contributed by atoms with E-state index in [9.17, 15) is 4.79 Å². The lowest BCUT2D eigenvalue weighted by Crippen LogP contribution is -2.56. The Morgan fingerprint density at radius 1 is 1.11 bits per heavy atom. The third-order valence-electron chi connectivity index (χ3n) is 8.60. The summed E-state index contributed by atoms with van der Waals surface area (Å²) in [5.41, 5.74) is 5.22. The number of hydrogen-bond acceptors (Lipinski definition) is 2. The van der Waals surface area contributed by atoms with Crippen LogP contribution in [0, 0.1) is 23.2 Å². The van der Waals surface area contributed by atoms with Gasteiger partial charge in [-0.2, -0.15) is 0 Å². The fraction of sp³-hybridized carbons (Fsp3) is 0.640. The molecule has 1 aromatic carbocycles. The van der Waals surface area contributed by atoms with Crippen LogP contribution in [-0.4, -0.2) is 11.9 Å². The molecule has 1 heterocycles. The molecule has 4 bridgehead atoms. The molecule has 3 heteroatoms. The van der Waals surface area contributed by atoms with Gasteiger partial charge in [0.2, 0.25) is 5.91 Å². The van der Waals surface area contributed by atoms with E-state index < -0.39 is 0 Å². The Labute approximate surface area is 167 Å².